The second kappa shape index (κ2) is 5.59. The van der Waals surface area contributed by atoms with Crippen molar-refractivity contribution < 1.29 is 4.79 Å². The summed E-state index contributed by atoms with van der Waals surface area (Å²) >= 11 is 9.24. The van der Waals surface area contributed by atoms with Crippen molar-refractivity contribution in [2.75, 3.05) is 11.1 Å². The molecule has 0 unspecified atom stereocenters. The summed E-state index contributed by atoms with van der Waals surface area (Å²) in [4.78, 5) is 15.9. The molecule has 0 aliphatic carbocycles. The van der Waals surface area contributed by atoms with E-state index in [9.17, 15) is 4.79 Å². The molecule has 3 N–H and O–H groups in total. The molecule has 0 saturated carbocycles. The summed E-state index contributed by atoms with van der Waals surface area (Å²) in [5.74, 6) is -0.0752. The summed E-state index contributed by atoms with van der Waals surface area (Å²) in [5.41, 5.74) is 7.60. The molecule has 0 atom stereocenters. The van der Waals surface area contributed by atoms with E-state index in [0.717, 1.165) is 10.0 Å². The average molecular weight is 341 g/mol. The van der Waals surface area contributed by atoms with Gasteiger partial charge in [0.2, 0.25) is 0 Å². The van der Waals surface area contributed by atoms with E-state index in [2.05, 4.69) is 26.2 Å². The maximum absolute atomic E-state index is 12.0. The van der Waals surface area contributed by atoms with Crippen LogP contribution in [0.3, 0.4) is 0 Å². The predicted octanol–water partition coefficient (Wildman–Crippen LogP) is 3.64. The Morgan fingerprint density at radius 1 is 1.42 bits per heavy atom. The molecule has 4 nitrogen and oxygen atoms in total. The molecule has 1 aromatic carbocycles. The van der Waals surface area contributed by atoms with E-state index in [1.807, 2.05) is 19.1 Å². The Kier molecular flexibility index (Phi) is 4.07. The maximum atomic E-state index is 12.0. The predicted molar refractivity (Wildman–Crippen MR) is 80.5 cm³/mol. The minimum atomic E-state index is -0.281. The van der Waals surface area contributed by atoms with Gasteiger partial charge >= 0.3 is 0 Å². The van der Waals surface area contributed by atoms with Gasteiger partial charge in [-0.25, -0.2) is 4.98 Å². The van der Waals surface area contributed by atoms with E-state index in [1.54, 1.807) is 6.07 Å². The van der Waals surface area contributed by atoms with E-state index in [1.165, 1.54) is 12.3 Å². The highest BCUT2D eigenvalue weighted by Gasteiger charge is 2.09. The number of benzene rings is 1. The van der Waals surface area contributed by atoms with E-state index < -0.39 is 0 Å². The zero-order valence-corrected chi connectivity index (χ0v) is 12.4. The Bertz CT molecular complexity index is 646. The van der Waals surface area contributed by atoms with Gasteiger partial charge in [0, 0.05) is 16.4 Å². The molecule has 1 aromatic heterocycles. The van der Waals surface area contributed by atoms with Crippen molar-refractivity contribution in [3.8, 4) is 0 Å². The fourth-order valence-electron chi connectivity index (χ4n) is 1.50. The molecule has 1 heterocycles. The lowest BCUT2D eigenvalue weighted by Crippen LogP contribution is -2.12. The summed E-state index contributed by atoms with van der Waals surface area (Å²) in [5, 5.41) is 3.04. The van der Waals surface area contributed by atoms with E-state index in [-0.39, 0.29) is 16.7 Å². The van der Waals surface area contributed by atoms with Crippen LogP contribution < -0.4 is 11.1 Å². The number of pyridine rings is 1. The van der Waals surface area contributed by atoms with Crippen LogP contribution in [-0.4, -0.2) is 10.9 Å². The molecule has 2 rings (SSSR count). The third-order valence-corrected chi connectivity index (χ3v) is 3.74. The van der Waals surface area contributed by atoms with E-state index in [4.69, 9.17) is 17.3 Å². The topological polar surface area (TPSA) is 68.0 Å². The fraction of sp³-hybridized carbons (Fsp3) is 0.0769. The average Bonchev–Trinajstić information content (AvgIpc) is 2.37. The summed E-state index contributed by atoms with van der Waals surface area (Å²) in [6.45, 7) is 1.95. The molecular weight excluding hydrogens is 330 g/mol. The molecule has 98 valence electrons. The molecule has 6 heteroatoms. The number of nitrogens with two attached hydrogens (primary N) is 1. The number of anilines is 2. The van der Waals surface area contributed by atoms with Gasteiger partial charge in [-0.1, -0.05) is 27.5 Å². The van der Waals surface area contributed by atoms with E-state index >= 15 is 0 Å². The molecule has 0 spiro atoms. The molecule has 0 aliphatic rings. The van der Waals surface area contributed by atoms with Crippen LogP contribution in [-0.2, 0) is 0 Å². The molecule has 19 heavy (non-hydrogen) atoms. The standard InChI is InChI=1S/C13H11BrClN3O/c1-7-4-9(2-3-10(7)14)18-13(19)8-5-11(15)12(16)17-6-8/h2-6H,1H3,(H2,16,17)(H,18,19). The van der Waals surface area contributed by atoms with Crippen LogP contribution in [0.25, 0.3) is 0 Å². The number of hydrogen-bond acceptors (Lipinski definition) is 3. The first-order valence-electron chi connectivity index (χ1n) is 5.46. The highest BCUT2D eigenvalue weighted by atomic mass is 79.9. The smallest absolute Gasteiger partial charge is 0.257 e. The van der Waals surface area contributed by atoms with Crippen LogP contribution in [0.2, 0.25) is 5.02 Å². The Balaban J connectivity index is 2.20. The number of rotatable bonds is 2. The lowest BCUT2D eigenvalue weighted by molar-refractivity contribution is 0.102. The van der Waals surface area contributed by atoms with Gasteiger partial charge in [-0.15, -0.1) is 0 Å². The number of amides is 1. The van der Waals surface area contributed by atoms with Gasteiger partial charge in [0.15, 0.2) is 0 Å². The third-order valence-electron chi connectivity index (χ3n) is 2.55. The first-order chi connectivity index (χ1) is 8.97. The SMILES string of the molecule is Cc1cc(NC(=O)c2cnc(N)c(Cl)c2)ccc1Br. The van der Waals surface area contributed by atoms with E-state index in [0.29, 0.717) is 11.3 Å². The van der Waals surface area contributed by atoms with Gasteiger partial charge in [-0.05, 0) is 36.8 Å². The monoisotopic (exact) mass is 339 g/mol. The number of carbonyl (C=O) groups excluding carboxylic acids is 1. The highest BCUT2D eigenvalue weighted by Crippen LogP contribution is 2.21. The van der Waals surface area contributed by atoms with Crippen LogP contribution >= 0.6 is 27.5 Å². The van der Waals surface area contributed by atoms with Crippen LogP contribution in [0.4, 0.5) is 11.5 Å². The molecule has 0 bridgehead atoms. The molecule has 0 radical (unpaired) electrons. The second-order valence-electron chi connectivity index (χ2n) is 4.01. The fourth-order valence-corrected chi connectivity index (χ4v) is 1.91. The maximum Gasteiger partial charge on any atom is 0.257 e. The van der Waals surface area contributed by atoms with Crippen molar-refractivity contribution in [1.82, 2.24) is 4.98 Å². The van der Waals surface area contributed by atoms with Crippen molar-refractivity contribution in [2.45, 2.75) is 6.92 Å². The van der Waals surface area contributed by atoms with Crippen LogP contribution in [0, 0.1) is 6.92 Å². The van der Waals surface area contributed by atoms with Crippen molar-refractivity contribution in [3.63, 3.8) is 0 Å². The highest BCUT2D eigenvalue weighted by molar-refractivity contribution is 9.10. The Hall–Kier alpha value is -1.59. The zero-order chi connectivity index (χ0) is 14.0. The van der Waals surface area contributed by atoms with Gasteiger partial charge < -0.3 is 11.1 Å². The Morgan fingerprint density at radius 3 is 2.79 bits per heavy atom. The Labute approximate surface area is 124 Å². The molecular formula is C13H11BrClN3O. The zero-order valence-electron chi connectivity index (χ0n) is 10.1. The van der Waals surface area contributed by atoms with Gasteiger partial charge in [0.05, 0.1) is 10.6 Å². The number of carbonyl (C=O) groups is 1. The summed E-state index contributed by atoms with van der Waals surface area (Å²) in [6, 6.07) is 7.04. The molecule has 0 fully saturated rings. The first-order valence-corrected chi connectivity index (χ1v) is 6.63. The first kappa shape index (κ1) is 13.8. The minimum Gasteiger partial charge on any atom is -0.382 e. The minimum absolute atomic E-state index is 0.206. The summed E-state index contributed by atoms with van der Waals surface area (Å²) < 4.78 is 0.989. The third kappa shape index (κ3) is 3.24. The number of hydrogen-bond donors (Lipinski definition) is 2. The lowest BCUT2D eigenvalue weighted by Gasteiger charge is -2.07. The molecule has 0 aliphatic heterocycles. The van der Waals surface area contributed by atoms with Crippen molar-refractivity contribution in [2.24, 2.45) is 0 Å². The van der Waals surface area contributed by atoms with Crippen molar-refractivity contribution >= 4 is 44.9 Å². The van der Waals surface area contributed by atoms with Crippen LogP contribution in [0.5, 0.6) is 0 Å². The number of nitrogens with one attached hydrogen (secondary N) is 1. The van der Waals surface area contributed by atoms with Crippen molar-refractivity contribution in [1.29, 1.82) is 0 Å². The van der Waals surface area contributed by atoms with Gasteiger partial charge in [-0.3, -0.25) is 4.79 Å². The lowest BCUT2D eigenvalue weighted by atomic mass is 10.2. The molecule has 1 amide bonds. The largest absolute Gasteiger partial charge is 0.382 e. The number of aromatic nitrogens is 1. The number of halogens is 2. The normalized spacial score (nSPS) is 10.3. The Morgan fingerprint density at radius 2 is 2.16 bits per heavy atom. The number of aryl methyl sites for hydroxylation is 1. The summed E-state index contributed by atoms with van der Waals surface area (Å²) in [7, 11) is 0. The molecule has 0 saturated heterocycles. The van der Waals surface area contributed by atoms with Crippen LogP contribution in [0.15, 0.2) is 34.9 Å². The van der Waals surface area contributed by atoms with Crippen LogP contribution in [0.1, 0.15) is 15.9 Å². The quantitative estimate of drug-likeness (QED) is 0.877. The second-order valence-corrected chi connectivity index (χ2v) is 5.27. The van der Waals surface area contributed by atoms with Gasteiger partial charge in [0.25, 0.3) is 5.91 Å². The number of nitrogen functional groups attached to an aromatic ring is 1. The number of nitrogens with zero attached hydrogens (tertiary/aromatic N) is 1. The van der Waals surface area contributed by atoms with Crippen molar-refractivity contribution in [3.05, 3.63) is 51.1 Å². The van der Waals surface area contributed by atoms with Gasteiger partial charge in [0.1, 0.15) is 5.82 Å². The molecule has 2 aromatic rings. The van der Waals surface area contributed by atoms with Gasteiger partial charge in [-0.2, -0.15) is 0 Å². The summed E-state index contributed by atoms with van der Waals surface area (Å²) in [6.07, 6.45) is 1.39.